The van der Waals surface area contributed by atoms with Gasteiger partial charge in [-0.05, 0) is 24.6 Å². The number of aryl methyl sites for hydroxylation is 1. The fourth-order valence-electron chi connectivity index (χ4n) is 1.96. The van der Waals surface area contributed by atoms with Crippen molar-refractivity contribution in [2.75, 3.05) is 41.0 Å². The molecule has 0 bridgehead atoms. The maximum Gasteiger partial charge on any atom is 0.263 e. The summed E-state index contributed by atoms with van der Waals surface area (Å²) < 4.78 is 1.33. The van der Waals surface area contributed by atoms with E-state index in [-0.39, 0.29) is 0 Å². The lowest BCUT2D eigenvalue weighted by Gasteiger charge is -2.22. The van der Waals surface area contributed by atoms with Crippen LogP contribution in [0.25, 0.3) is 0 Å². The molecule has 0 saturated carbocycles. The Morgan fingerprint density at radius 3 is 2.39 bits per heavy atom. The number of nitrogens with one attached hydrogen (secondary N) is 1. The Kier molecular flexibility index (Phi) is 6.49. The van der Waals surface area contributed by atoms with Crippen molar-refractivity contribution >= 4 is 41.1 Å². The molecule has 0 radical (unpaired) electrons. The highest BCUT2D eigenvalue weighted by Crippen LogP contribution is 2.15. The molecular weight excluding hydrogens is 337 g/mol. The SMILES string of the molecule is Cc1nnc(N/N=C/c2ccc(N(CCCl)CCCl)cc2)n1N. The Labute approximate surface area is 145 Å². The van der Waals surface area contributed by atoms with E-state index in [4.69, 9.17) is 29.0 Å². The number of nitrogens with two attached hydrogens (primary N) is 1. The zero-order valence-electron chi connectivity index (χ0n) is 12.8. The number of benzene rings is 1. The lowest BCUT2D eigenvalue weighted by Crippen LogP contribution is -2.27. The van der Waals surface area contributed by atoms with Crippen LogP contribution in [0.15, 0.2) is 29.4 Å². The highest BCUT2D eigenvalue weighted by molar-refractivity contribution is 6.18. The van der Waals surface area contributed by atoms with E-state index in [1.54, 1.807) is 13.1 Å². The van der Waals surface area contributed by atoms with Gasteiger partial charge in [-0.1, -0.05) is 12.1 Å². The number of nitrogen functional groups attached to an aromatic ring is 1. The third-order valence-corrected chi connectivity index (χ3v) is 3.55. The summed E-state index contributed by atoms with van der Waals surface area (Å²) in [6.07, 6.45) is 1.68. The van der Waals surface area contributed by atoms with Crippen molar-refractivity contribution in [3.8, 4) is 0 Å². The molecule has 1 aromatic carbocycles. The van der Waals surface area contributed by atoms with Gasteiger partial charge in [0.2, 0.25) is 0 Å². The summed E-state index contributed by atoms with van der Waals surface area (Å²) >= 11 is 11.6. The number of hydrazone groups is 1. The van der Waals surface area contributed by atoms with E-state index < -0.39 is 0 Å². The third kappa shape index (κ3) is 4.74. The highest BCUT2D eigenvalue weighted by atomic mass is 35.5. The number of halogens is 2. The van der Waals surface area contributed by atoms with Crippen molar-refractivity contribution in [3.63, 3.8) is 0 Å². The fourth-order valence-corrected chi connectivity index (χ4v) is 2.36. The summed E-state index contributed by atoms with van der Waals surface area (Å²) in [4.78, 5) is 2.14. The quantitative estimate of drug-likeness (QED) is 0.327. The van der Waals surface area contributed by atoms with Gasteiger partial charge in [0.25, 0.3) is 5.95 Å². The Hall–Kier alpha value is -1.99. The van der Waals surface area contributed by atoms with Crippen LogP contribution in [0.3, 0.4) is 0 Å². The molecule has 23 heavy (non-hydrogen) atoms. The molecule has 2 rings (SSSR count). The van der Waals surface area contributed by atoms with Gasteiger partial charge in [-0.2, -0.15) is 5.10 Å². The molecule has 0 aliphatic rings. The van der Waals surface area contributed by atoms with Crippen molar-refractivity contribution in [2.45, 2.75) is 6.92 Å². The largest absolute Gasteiger partial charge is 0.369 e. The molecule has 1 heterocycles. The fraction of sp³-hybridized carbons (Fsp3) is 0.357. The van der Waals surface area contributed by atoms with Crippen LogP contribution in [0.5, 0.6) is 0 Å². The Morgan fingerprint density at radius 1 is 1.22 bits per heavy atom. The number of nitrogens with zero attached hydrogens (tertiary/aromatic N) is 5. The summed E-state index contributed by atoms with van der Waals surface area (Å²) in [6, 6.07) is 7.95. The minimum absolute atomic E-state index is 0.380. The molecule has 0 atom stereocenters. The first-order valence-electron chi connectivity index (χ1n) is 7.09. The molecule has 7 nitrogen and oxygen atoms in total. The zero-order valence-corrected chi connectivity index (χ0v) is 14.3. The summed E-state index contributed by atoms with van der Waals surface area (Å²) in [5.41, 5.74) is 4.77. The molecule has 124 valence electrons. The van der Waals surface area contributed by atoms with Crippen LogP contribution in [0, 0.1) is 6.92 Å². The Morgan fingerprint density at radius 2 is 1.87 bits per heavy atom. The van der Waals surface area contributed by atoms with E-state index >= 15 is 0 Å². The number of hydrogen-bond acceptors (Lipinski definition) is 6. The predicted molar refractivity (Wildman–Crippen MR) is 96.2 cm³/mol. The van der Waals surface area contributed by atoms with Gasteiger partial charge in [0.1, 0.15) is 0 Å². The average Bonchev–Trinajstić information content (AvgIpc) is 2.87. The maximum atomic E-state index is 5.82. The monoisotopic (exact) mass is 355 g/mol. The second kappa shape index (κ2) is 8.59. The first-order chi connectivity index (χ1) is 11.2. The first-order valence-corrected chi connectivity index (χ1v) is 8.15. The molecule has 9 heteroatoms. The van der Waals surface area contributed by atoms with E-state index in [0.717, 1.165) is 24.3 Å². The van der Waals surface area contributed by atoms with E-state index in [2.05, 4.69) is 25.6 Å². The summed E-state index contributed by atoms with van der Waals surface area (Å²) in [7, 11) is 0. The van der Waals surface area contributed by atoms with Crippen molar-refractivity contribution in [3.05, 3.63) is 35.7 Å². The first kappa shape index (κ1) is 17.4. The number of alkyl halides is 2. The number of hydrogen-bond donors (Lipinski definition) is 2. The van der Waals surface area contributed by atoms with E-state index in [1.807, 2.05) is 24.3 Å². The molecule has 0 aliphatic carbocycles. The summed E-state index contributed by atoms with van der Waals surface area (Å²) in [6.45, 7) is 3.28. The molecule has 2 aromatic rings. The molecule has 0 spiro atoms. The summed E-state index contributed by atoms with van der Waals surface area (Å²) in [5, 5.41) is 11.8. The second-order valence-corrected chi connectivity index (χ2v) is 5.52. The van der Waals surface area contributed by atoms with Gasteiger partial charge in [0, 0.05) is 30.5 Å². The van der Waals surface area contributed by atoms with Gasteiger partial charge >= 0.3 is 0 Å². The summed E-state index contributed by atoms with van der Waals surface area (Å²) in [5.74, 6) is 7.82. The lowest BCUT2D eigenvalue weighted by atomic mass is 10.2. The van der Waals surface area contributed by atoms with Crippen molar-refractivity contribution in [2.24, 2.45) is 5.10 Å². The molecule has 0 fully saturated rings. The van der Waals surface area contributed by atoms with Crippen LogP contribution in [0.1, 0.15) is 11.4 Å². The van der Waals surface area contributed by atoms with Gasteiger partial charge < -0.3 is 10.7 Å². The smallest absolute Gasteiger partial charge is 0.263 e. The number of anilines is 2. The van der Waals surface area contributed by atoms with Crippen LogP contribution in [-0.4, -0.2) is 45.9 Å². The van der Waals surface area contributed by atoms with E-state index in [9.17, 15) is 0 Å². The van der Waals surface area contributed by atoms with Gasteiger partial charge in [-0.3, -0.25) is 0 Å². The van der Waals surface area contributed by atoms with E-state index in [0.29, 0.717) is 23.5 Å². The predicted octanol–water partition coefficient (Wildman–Crippen LogP) is 2.03. The molecule has 1 aromatic heterocycles. The third-order valence-electron chi connectivity index (χ3n) is 3.21. The van der Waals surface area contributed by atoms with Crippen LogP contribution in [-0.2, 0) is 0 Å². The van der Waals surface area contributed by atoms with Crippen LogP contribution in [0.2, 0.25) is 0 Å². The van der Waals surface area contributed by atoms with Gasteiger partial charge in [0.05, 0.1) is 6.21 Å². The molecule has 0 unspecified atom stereocenters. The van der Waals surface area contributed by atoms with Crippen LogP contribution < -0.4 is 16.2 Å². The highest BCUT2D eigenvalue weighted by Gasteiger charge is 2.05. The van der Waals surface area contributed by atoms with Gasteiger partial charge in [-0.25, -0.2) is 10.1 Å². The molecule has 0 aliphatic heterocycles. The van der Waals surface area contributed by atoms with Crippen molar-refractivity contribution in [1.29, 1.82) is 0 Å². The Bertz CT molecular complexity index is 633. The van der Waals surface area contributed by atoms with E-state index in [1.165, 1.54) is 4.68 Å². The average molecular weight is 356 g/mol. The molecular formula is C14H19Cl2N7. The van der Waals surface area contributed by atoms with Crippen molar-refractivity contribution in [1.82, 2.24) is 14.9 Å². The topological polar surface area (TPSA) is 84.4 Å². The minimum atomic E-state index is 0.380. The molecule has 0 saturated heterocycles. The van der Waals surface area contributed by atoms with Crippen LogP contribution in [0.4, 0.5) is 11.6 Å². The second-order valence-electron chi connectivity index (χ2n) is 4.77. The molecule has 3 N–H and O–H groups in total. The maximum absolute atomic E-state index is 5.82. The van der Waals surface area contributed by atoms with Crippen molar-refractivity contribution < 1.29 is 0 Å². The number of aromatic nitrogens is 3. The lowest BCUT2D eigenvalue weighted by molar-refractivity contribution is 0.874. The van der Waals surface area contributed by atoms with Gasteiger partial charge in [0.15, 0.2) is 5.82 Å². The normalized spacial score (nSPS) is 11.1. The zero-order chi connectivity index (χ0) is 16.7. The molecule has 0 amide bonds. The number of rotatable bonds is 8. The van der Waals surface area contributed by atoms with Crippen LogP contribution >= 0.6 is 23.2 Å². The minimum Gasteiger partial charge on any atom is -0.369 e. The van der Waals surface area contributed by atoms with Gasteiger partial charge in [-0.15, -0.1) is 33.4 Å². The standard InChI is InChI=1S/C14H19Cl2N7/c1-11-19-21-14(23(11)17)20-18-10-12-2-4-13(5-3-12)22(8-6-15)9-7-16/h2-5,10H,6-9,17H2,1H3,(H,20,21)/b18-10+. The Balaban J connectivity index is 1.98.